The Labute approximate surface area is 83.9 Å². The minimum Gasteiger partial charge on any atom is -0.396 e. The first-order valence-electron chi connectivity index (χ1n) is 4.36. The van der Waals surface area contributed by atoms with Crippen LogP contribution in [0.5, 0.6) is 0 Å². The van der Waals surface area contributed by atoms with E-state index in [0.29, 0.717) is 0 Å². The van der Waals surface area contributed by atoms with Crippen LogP contribution < -0.4 is 0 Å². The van der Waals surface area contributed by atoms with Crippen molar-refractivity contribution in [2.75, 3.05) is 32.6 Å². The average molecular weight is 222 g/mol. The molecule has 6 heteroatoms. The molecule has 0 unspecified atom stereocenters. The Hall–Kier alpha value is -0.0600. The number of aliphatic hydroxyl groups excluding tert-OH is 2. The maximum Gasteiger partial charge on any atom is 0.178 e. The lowest BCUT2D eigenvalue weighted by atomic mass is 9.93. The van der Waals surface area contributed by atoms with Crippen LogP contribution in [0.1, 0.15) is 6.92 Å². The molecule has 0 saturated carbocycles. The monoisotopic (exact) mass is 222 g/mol. The molecule has 1 fully saturated rings. The third-order valence-electron chi connectivity index (χ3n) is 2.05. The SMILES string of the molecule is CC(=O)CP1OCC(CO)(CO)CO1. The molecule has 1 aliphatic heterocycles. The van der Waals surface area contributed by atoms with E-state index in [9.17, 15) is 4.79 Å². The number of hydrogen-bond acceptors (Lipinski definition) is 5. The van der Waals surface area contributed by atoms with Crippen molar-refractivity contribution in [1.29, 1.82) is 0 Å². The maximum absolute atomic E-state index is 10.8. The molecule has 0 aromatic carbocycles. The van der Waals surface area contributed by atoms with Crippen molar-refractivity contribution in [1.82, 2.24) is 0 Å². The number of carbonyl (C=O) groups excluding carboxylic acids is 1. The first-order valence-corrected chi connectivity index (χ1v) is 5.73. The van der Waals surface area contributed by atoms with E-state index in [1.807, 2.05) is 0 Å². The number of hydrogen-bond donors (Lipinski definition) is 2. The first-order chi connectivity index (χ1) is 6.62. The van der Waals surface area contributed by atoms with Gasteiger partial charge in [0.05, 0.1) is 38.0 Å². The van der Waals surface area contributed by atoms with Crippen molar-refractivity contribution >= 4 is 14.2 Å². The molecular formula is C8H15O5P. The summed E-state index contributed by atoms with van der Waals surface area (Å²) < 4.78 is 10.6. The Kier molecular flexibility index (Phi) is 4.41. The minimum absolute atomic E-state index is 0.0246. The zero-order chi connectivity index (χ0) is 10.6. The van der Waals surface area contributed by atoms with Gasteiger partial charge in [0.15, 0.2) is 8.38 Å². The standard InChI is InChI=1S/C8H15O5P/c1-7(11)2-14-12-5-8(3-9,4-10)6-13-14/h9-10H,2-6H2,1H3. The summed E-state index contributed by atoms with van der Waals surface area (Å²) in [5, 5.41) is 18.1. The van der Waals surface area contributed by atoms with Gasteiger partial charge in [0.1, 0.15) is 5.78 Å². The van der Waals surface area contributed by atoms with Crippen LogP contribution in [0.25, 0.3) is 0 Å². The fraction of sp³-hybridized carbons (Fsp3) is 0.875. The maximum atomic E-state index is 10.8. The predicted molar refractivity (Wildman–Crippen MR) is 51.0 cm³/mol. The lowest BCUT2D eigenvalue weighted by molar-refractivity contribution is -0.115. The highest BCUT2D eigenvalue weighted by atomic mass is 31.2. The molecule has 0 amide bonds. The summed E-state index contributed by atoms with van der Waals surface area (Å²) in [6.07, 6.45) is 0.280. The van der Waals surface area contributed by atoms with Gasteiger partial charge >= 0.3 is 0 Å². The predicted octanol–water partition coefficient (Wildman–Crippen LogP) is -0.0949. The van der Waals surface area contributed by atoms with E-state index < -0.39 is 13.8 Å². The quantitative estimate of drug-likeness (QED) is 0.650. The van der Waals surface area contributed by atoms with Gasteiger partial charge in [-0.15, -0.1) is 0 Å². The van der Waals surface area contributed by atoms with Crippen molar-refractivity contribution in [2.24, 2.45) is 5.41 Å². The molecule has 5 nitrogen and oxygen atoms in total. The van der Waals surface area contributed by atoms with Crippen molar-refractivity contribution in [3.05, 3.63) is 0 Å². The molecule has 82 valence electrons. The van der Waals surface area contributed by atoms with Crippen LogP contribution in [0, 0.1) is 5.41 Å². The molecule has 14 heavy (non-hydrogen) atoms. The van der Waals surface area contributed by atoms with E-state index in [1.165, 1.54) is 6.92 Å². The highest BCUT2D eigenvalue weighted by molar-refractivity contribution is 7.48. The number of ketones is 1. The molecule has 1 rings (SSSR count). The van der Waals surface area contributed by atoms with Crippen LogP contribution in [0.2, 0.25) is 0 Å². The van der Waals surface area contributed by atoms with E-state index in [0.717, 1.165) is 0 Å². The fourth-order valence-electron chi connectivity index (χ4n) is 1.00. The summed E-state index contributed by atoms with van der Waals surface area (Å²) in [6.45, 7) is 1.63. The van der Waals surface area contributed by atoms with Crippen molar-refractivity contribution in [3.63, 3.8) is 0 Å². The largest absolute Gasteiger partial charge is 0.396 e. The van der Waals surface area contributed by atoms with Gasteiger partial charge in [-0.2, -0.15) is 0 Å². The van der Waals surface area contributed by atoms with Crippen molar-refractivity contribution < 1.29 is 24.1 Å². The summed E-state index contributed by atoms with van der Waals surface area (Å²) in [7, 11) is -1.15. The molecule has 0 aromatic rings. The van der Waals surface area contributed by atoms with E-state index in [1.54, 1.807) is 0 Å². The van der Waals surface area contributed by atoms with Crippen molar-refractivity contribution in [2.45, 2.75) is 6.92 Å². The third kappa shape index (κ3) is 2.97. The summed E-state index contributed by atoms with van der Waals surface area (Å²) in [6, 6.07) is 0. The molecule has 2 N–H and O–H groups in total. The van der Waals surface area contributed by atoms with Gasteiger partial charge in [0.25, 0.3) is 0 Å². The van der Waals surface area contributed by atoms with Gasteiger partial charge in [-0.25, -0.2) is 0 Å². The van der Waals surface area contributed by atoms with Crippen LogP contribution in [0.15, 0.2) is 0 Å². The second kappa shape index (κ2) is 5.14. The van der Waals surface area contributed by atoms with E-state index in [-0.39, 0.29) is 38.4 Å². The second-order valence-corrected chi connectivity index (χ2v) is 5.05. The molecule has 1 aliphatic rings. The van der Waals surface area contributed by atoms with E-state index in [2.05, 4.69) is 0 Å². The molecule has 1 saturated heterocycles. The molecule has 0 atom stereocenters. The Morgan fingerprint density at radius 3 is 2.21 bits per heavy atom. The molecule has 1 heterocycles. The molecule has 0 aliphatic carbocycles. The van der Waals surface area contributed by atoms with Crippen molar-refractivity contribution in [3.8, 4) is 0 Å². The van der Waals surface area contributed by atoms with Crippen LogP contribution in [0.3, 0.4) is 0 Å². The first kappa shape index (κ1) is 12.0. The second-order valence-electron chi connectivity index (χ2n) is 3.56. The van der Waals surface area contributed by atoms with Gasteiger partial charge in [-0.1, -0.05) is 0 Å². The van der Waals surface area contributed by atoms with Crippen LogP contribution in [-0.4, -0.2) is 48.6 Å². The summed E-state index contributed by atoms with van der Waals surface area (Å²) in [5.41, 5.74) is -0.699. The van der Waals surface area contributed by atoms with E-state index >= 15 is 0 Å². The molecule has 0 aromatic heterocycles. The Bertz CT molecular complexity index is 194. The fourth-order valence-corrected chi connectivity index (χ4v) is 2.46. The van der Waals surface area contributed by atoms with Crippen LogP contribution in [0.4, 0.5) is 0 Å². The Morgan fingerprint density at radius 1 is 1.36 bits per heavy atom. The van der Waals surface area contributed by atoms with Gasteiger partial charge in [0, 0.05) is 0 Å². The smallest absolute Gasteiger partial charge is 0.178 e. The average Bonchev–Trinajstić information content (AvgIpc) is 2.19. The number of Topliss-reactive ketones (excluding diaryl/α,β-unsaturated/α-hetero) is 1. The zero-order valence-electron chi connectivity index (χ0n) is 8.10. The van der Waals surface area contributed by atoms with Gasteiger partial charge in [-0.3, -0.25) is 4.79 Å². The highest BCUT2D eigenvalue weighted by Gasteiger charge is 2.36. The summed E-state index contributed by atoms with van der Waals surface area (Å²) in [5.74, 6) is 0.0246. The number of rotatable bonds is 4. The normalized spacial score (nSPS) is 22.2. The lowest BCUT2D eigenvalue weighted by Crippen LogP contribution is -2.41. The Morgan fingerprint density at radius 2 is 1.86 bits per heavy atom. The number of carbonyl (C=O) groups is 1. The zero-order valence-corrected chi connectivity index (χ0v) is 9.00. The van der Waals surface area contributed by atoms with Crippen LogP contribution in [-0.2, 0) is 13.8 Å². The molecule has 0 spiro atoms. The minimum atomic E-state index is -1.15. The summed E-state index contributed by atoms with van der Waals surface area (Å²) >= 11 is 0. The van der Waals surface area contributed by atoms with Gasteiger partial charge < -0.3 is 19.3 Å². The van der Waals surface area contributed by atoms with Gasteiger partial charge in [-0.05, 0) is 6.92 Å². The van der Waals surface area contributed by atoms with E-state index in [4.69, 9.17) is 19.3 Å². The van der Waals surface area contributed by atoms with Crippen LogP contribution >= 0.6 is 8.38 Å². The summed E-state index contributed by atoms with van der Waals surface area (Å²) in [4.78, 5) is 10.8. The molecular weight excluding hydrogens is 207 g/mol. The number of aliphatic hydroxyl groups is 2. The highest BCUT2D eigenvalue weighted by Crippen LogP contribution is 2.45. The van der Waals surface area contributed by atoms with Gasteiger partial charge in [0.2, 0.25) is 0 Å². The lowest BCUT2D eigenvalue weighted by Gasteiger charge is -2.36. The molecule has 0 bridgehead atoms. The molecule has 0 radical (unpaired) electrons. The third-order valence-corrected chi connectivity index (χ3v) is 3.59. The topological polar surface area (TPSA) is 76.0 Å². The Balaban J connectivity index is 2.40.